The first kappa shape index (κ1) is 11.9. The molecule has 0 aliphatic carbocycles. The third-order valence-corrected chi connectivity index (χ3v) is 3.84. The van der Waals surface area contributed by atoms with Crippen LogP contribution in [0.15, 0.2) is 24.3 Å². The average molecular weight is 239 g/mol. The van der Waals surface area contributed by atoms with Crippen molar-refractivity contribution in [3.05, 3.63) is 35.4 Å². The zero-order chi connectivity index (χ0) is 11.4. The zero-order valence-electron chi connectivity index (χ0n) is 9.79. The van der Waals surface area contributed by atoms with Crippen molar-refractivity contribution in [2.45, 2.75) is 31.6 Å². The van der Waals surface area contributed by atoms with Gasteiger partial charge in [0, 0.05) is 18.6 Å². The lowest BCUT2D eigenvalue weighted by atomic mass is 9.92. The van der Waals surface area contributed by atoms with Crippen LogP contribution in [-0.4, -0.2) is 18.6 Å². The minimum Gasteiger partial charge on any atom is -0.381 e. The van der Waals surface area contributed by atoms with Gasteiger partial charge in [-0.05, 0) is 37.7 Å². The maximum absolute atomic E-state index is 6.48. The summed E-state index contributed by atoms with van der Waals surface area (Å²) in [5.41, 5.74) is 2.65. The third-order valence-electron chi connectivity index (χ3n) is 3.33. The van der Waals surface area contributed by atoms with E-state index in [2.05, 4.69) is 31.2 Å². The van der Waals surface area contributed by atoms with E-state index < -0.39 is 0 Å². The molecule has 0 bridgehead atoms. The van der Waals surface area contributed by atoms with E-state index in [9.17, 15) is 0 Å². The van der Waals surface area contributed by atoms with E-state index in [1.165, 1.54) is 11.1 Å². The minimum absolute atomic E-state index is 0.256. The maximum atomic E-state index is 6.48. The first-order valence-electron chi connectivity index (χ1n) is 6.03. The molecular weight excluding hydrogens is 220 g/mol. The highest BCUT2D eigenvalue weighted by atomic mass is 35.5. The van der Waals surface area contributed by atoms with Gasteiger partial charge in [0.15, 0.2) is 0 Å². The smallest absolute Gasteiger partial charge is 0.0469 e. The highest BCUT2D eigenvalue weighted by Crippen LogP contribution is 2.25. The summed E-state index contributed by atoms with van der Waals surface area (Å²) in [6, 6.07) is 8.68. The third kappa shape index (κ3) is 3.23. The molecule has 1 saturated heterocycles. The molecule has 88 valence electrons. The number of benzene rings is 1. The largest absolute Gasteiger partial charge is 0.381 e. The van der Waals surface area contributed by atoms with E-state index in [-0.39, 0.29) is 5.38 Å². The van der Waals surface area contributed by atoms with Gasteiger partial charge >= 0.3 is 0 Å². The van der Waals surface area contributed by atoms with Gasteiger partial charge in [0.25, 0.3) is 0 Å². The van der Waals surface area contributed by atoms with Crippen LogP contribution in [0.4, 0.5) is 0 Å². The minimum atomic E-state index is 0.256. The number of hydrogen-bond donors (Lipinski definition) is 0. The Kier molecular flexibility index (Phi) is 4.25. The zero-order valence-corrected chi connectivity index (χ0v) is 10.5. The first-order chi connectivity index (χ1) is 7.75. The van der Waals surface area contributed by atoms with Crippen LogP contribution in [0.5, 0.6) is 0 Å². The Balaban J connectivity index is 1.90. The second-order valence-corrected chi connectivity index (χ2v) is 5.22. The number of hydrogen-bond acceptors (Lipinski definition) is 1. The van der Waals surface area contributed by atoms with Crippen LogP contribution < -0.4 is 0 Å². The van der Waals surface area contributed by atoms with Gasteiger partial charge in [0.1, 0.15) is 0 Å². The van der Waals surface area contributed by atoms with Gasteiger partial charge in [-0.2, -0.15) is 0 Å². The summed E-state index contributed by atoms with van der Waals surface area (Å²) in [6.45, 7) is 3.87. The van der Waals surface area contributed by atoms with E-state index in [4.69, 9.17) is 16.3 Å². The molecule has 1 heterocycles. The van der Waals surface area contributed by atoms with Crippen molar-refractivity contribution in [1.82, 2.24) is 0 Å². The van der Waals surface area contributed by atoms with Crippen molar-refractivity contribution >= 4 is 11.6 Å². The molecule has 0 spiro atoms. The van der Waals surface area contributed by atoms with Gasteiger partial charge in [0.05, 0.1) is 0 Å². The van der Waals surface area contributed by atoms with Gasteiger partial charge < -0.3 is 4.74 Å². The summed E-state index contributed by atoms with van der Waals surface area (Å²) in [7, 11) is 0. The highest BCUT2D eigenvalue weighted by molar-refractivity contribution is 6.20. The predicted molar refractivity (Wildman–Crippen MR) is 68.1 cm³/mol. The van der Waals surface area contributed by atoms with Crippen molar-refractivity contribution in [2.24, 2.45) is 5.92 Å². The standard InChI is InChI=1S/C14H19ClO/c1-11-2-4-12(5-3-11)10-14(15)13-6-8-16-9-7-13/h2-5,13-14H,6-10H2,1H3. The number of rotatable bonds is 3. The molecule has 0 amide bonds. The molecule has 1 nitrogen and oxygen atoms in total. The van der Waals surface area contributed by atoms with Crippen molar-refractivity contribution in [3.8, 4) is 0 Å². The molecule has 1 fully saturated rings. The molecule has 1 atom stereocenters. The van der Waals surface area contributed by atoms with Gasteiger partial charge in [-0.15, -0.1) is 11.6 Å². The molecule has 0 N–H and O–H groups in total. The van der Waals surface area contributed by atoms with E-state index in [0.29, 0.717) is 5.92 Å². The highest BCUT2D eigenvalue weighted by Gasteiger charge is 2.22. The van der Waals surface area contributed by atoms with Crippen LogP contribution in [0.3, 0.4) is 0 Å². The molecule has 1 aromatic carbocycles. The molecule has 1 aliphatic heterocycles. The molecule has 0 saturated carbocycles. The second-order valence-electron chi connectivity index (χ2n) is 4.66. The Morgan fingerprint density at radius 1 is 1.25 bits per heavy atom. The summed E-state index contributed by atoms with van der Waals surface area (Å²) >= 11 is 6.48. The summed E-state index contributed by atoms with van der Waals surface area (Å²) in [6.07, 6.45) is 3.20. The van der Waals surface area contributed by atoms with E-state index in [1.807, 2.05) is 0 Å². The molecule has 16 heavy (non-hydrogen) atoms. The molecule has 2 heteroatoms. The number of alkyl halides is 1. The first-order valence-corrected chi connectivity index (χ1v) is 6.47. The van der Waals surface area contributed by atoms with E-state index in [1.54, 1.807) is 0 Å². The van der Waals surface area contributed by atoms with Crippen molar-refractivity contribution < 1.29 is 4.74 Å². The van der Waals surface area contributed by atoms with Crippen molar-refractivity contribution in [1.29, 1.82) is 0 Å². The lowest BCUT2D eigenvalue weighted by Gasteiger charge is -2.26. The fourth-order valence-electron chi connectivity index (χ4n) is 2.19. The second kappa shape index (κ2) is 5.70. The van der Waals surface area contributed by atoms with Crippen LogP contribution in [0.2, 0.25) is 0 Å². The van der Waals surface area contributed by atoms with Crippen LogP contribution in [0, 0.1) is 12.8 Å². The van der Waals surface area contributed by atoms with Gasteiger partial charge in [0.2, 0.25) is 0 Å². The van der Waals surface area contributed by atoms with Crippen LogP contribution in [0.25, 0.3) is 0 Å². The predicted octanol–water partition coefficient (Wildman–Crippen LogP) is 3.57. The molecule has 0 radical (unpaired) electrons. The molecule has 1 aliphatic rings. The molecule has 0 aromatic heterocycles. The number of ether oxygens (including phenoxy) is 1. The lowest BCUT2D eigenvalue weighted by molar-refractivity contribution is 0.0651. The molecule has 1 aromatic rings. The summed E-state index contributed by atoms with van der Waals surface area (Å²) < 4.78 is 5.36. The number of aryl methyl sites for hydroxylation is 1. The van der Waals surface area contributed by atoms with Crippen LogP contribution >= 0.6 is 11.6 Å². The van der Waals surface area contributed by atoms with Crippen molar-refractivity contribution in [2.75, 3.05) is 13.2 Å². The number of halogens is 1. The molecule has 1 unspecified atom stereocenters. The summed E-state index contributed by atoms with van der Waals surface area (Å²) in [5.74, 6) is 0.622. The quantitative estimate of drug-likeness (QED) is 0.732. The topological polar surface area (TPSA) is 9.23 Å². The Morgan fingerprint density at radius 3 is 2.50 bits per heavy atom. The fraction of sp³-hybridized carbons (Fsp3) is 0.571. The van der Waals surface area contributed by atoms with Crippen LogP contribution in [0.1, 0.15) is 24.0 Å². The van der Waals surface area contributed by atoms with Gasteiger partial charge in [-0.1, -0.05) is 29.8 Å². The Labute approximate surface area is 103 Å². The Hall–Kier alpha value is -0.530. The molecular formula is C14H19ClO. The monoisotopic (exact) mass is 238 g/mol. The van der Waals surface area contributed by atoms with Gasteiger partial charge in [-0.3, -0.25) is 0 Å². The van der Waals surface area contributed by atoms with Gasteiger partial charge in [-0.25, -0.2) is 0 Å². The summed E-state index contributed by atoms with van der Waals surface area (Å²) in [4.78, 5) is 0. The van der Waals surface area contributed by atoms with Crippen LogP contribution in [-0.2, 0) is 11.2 Å². The maximum Gasteiger partial charge on any atom is 0.0469 e. The SMILES string of the molecule is Cc1ccc(CC(Cl)C2CCOCC2)cc1. The lowest BCUT2D eigenvalue weighted by Crippen LogP contribution is -2.25. The average Bonchev–Trinajstić information content (AvgIpc) is 2.33. The normalized spacial score (nSPS) is 19.6. The molecule has 2 rings (SSSR count). The van der Waals surface area contributed by atoms with Crippen molar-refractivity contribution in [3.63, 3.8) is 0 Å². The van der Waals surface area contributed by atoms with E-state index >= 15 is 0 Å². The Morgan fingerprint density at radius 2 is 1.88 bits per heavy atom. The van der Waals surface area contributed by atoms with E-state index in [0.717, 1.165) is 32.5 Å². The summed E-state index contributed by atoms with van der Waals surface area (Å²) in [5, 5.41) is 0.256. The fourth-order valence-corrected chi connectivity index (χ4v) is 2.62. The Bertz CT molecular complexity index is 314.